The van der Waals surface area contributed by atoms with Crippen LogP contribution in [0.1, 0.15) is 17.4 Å². The molecule has 3 aromatic rings. The van der Waals surface area contributed by atoms with Crippen molar-refractivity contribution in [3.63, 3.8) is 0 Å². The zero-order valence-corrected chi connectivity index (χ0v) is 14.6. The summed E-state index contributed by atoms with van der Waals surface area (Å²) in [5.41, 5.74) is 4.72. The number of benzene rings is 2. The number of hydrogen-bond donors (Lipinski definition) is 0. The van der Waals surface area contributed by atoms with Gasteiger partial charge in [0.1, 0.15) is 5.75 Å². The van der Waals surface area contributed by atoms with Gasteiger partial charge in [0, 0.05) is 41.9 Å². The molecule has 4 rings (SSSR count). The number of nitrogens with zero attached hydrogens (tertiary/aromatic N) is 2. The fourth-order valence-corrected chi connectivity index (χ4v) is 3.36. The van der Waals surface area contributed by atoms with Gasteiger partial charge in [-0.2, -0.15) is 0 Å². The minimum atomic E-state index is -0.0719. The van der Waals surface area contributed by atoms with Gasteiger partial charge >= 0.3 is 0 Å². The van der Waals surface area contributed by atoms with Crippen LogP contribution in [0.2, 0.25) is 0 Å². The summed E-state index contributed by atoms with van der Waals surface area (Å²) >= 11 is 0. The van der Waals surface area contributed by atoms with Crippen LogP contribution < -0.4 is 9.64 Å². The molecule has 0 spiro atoms. The molecule has 1 fully saturated rings. The highest BCUT2D eigenvalue weighted by molar-refractivity contribution is 5.53. The molecule has 1 atom stereocenters. The number of para-hydroxylation sites is 1. The third kappa shape index (κ3) is 3.01. The topological polar surface area (TPSA) is 26.6 Å². The molecule has 2 aromatic carbocycles. The van der Waals surface area contributed by atoms with Crippen molar-refractivity contribution < 1.29 is 9.47 Å². The third-order valence-electron chi connectivity index (χ3n) is 4.67. The second kappa shape index (κ2) is 6.65. The first-order valence-electron chi connectivity index (χ1n) is 8.52. The van der Waals surface area contributed by atoms with Crippen molar-refractivity contribution >= 4 is 5.69 Å². The van der Waals surface area contributed by atoms with Gasteiger partial charge in [0.25, 0.3) is 0 Å². The standard InChI is InChI=1S/C21H22N2O2/c1-16-6-3-4-9-20(16)22-11-10-17(15-22)21-23(12-13-25-21)18-7-5-8-19(14-18)24-2/h3-11,14-15,21H,12-13H2,1-2H3/t21-/m0/s1. The fourth-order valence-electron chi connectivity index (χ4n) is 3.36. The van der Waals surface area contributed by atoms with Crippen molar-refractivity contribution in [2.24, 2.45) is 0 Å². The lowest BCUT2D eigenvalue weighted by Crippen LogP contribution is -2.23. The lowest BCUT2D eigenvalue weighted by Gasteiger charge is -2.25. The van der Waals surface area contributed by atoms with Gasteiger partial charge in [-0.15, -0.1) is 0 Å². The summed E-state index contributed by atoms with van der Waals surface area (Å²) in [6.07, 6.45) is 4.19. The van der Waals surface area contributed by atoms with E-state index in [-0.39, 0.29) is 6.23 Å². The van der Waals surface area contributed by atoms with E-state index in [0.29, 0.717) is 0 Å². The summed E-state index contributed by atoms with van der Waals surface area (Å²) < 4.78 is 13.6. The minimum Gasteiger partial charge on any atom is -0.497 e. The average Bonchev–Trinajstić information content (AvgIpc) is 3.31. The number of aryl methyl sites for hydroxylation is 1. The molecule has 1 saturated heterocycles. The molecule has 2 heterocycles. The second-order valence-electron chi connectivity index (χ2n) is 6.26. The minimum absolute atomic E-state index is 0.0719. The fraction of sp³-hybridized carbons (Fsp3) is 0.238. The van der Waals surface area contributed by atoms with Crippen molar-refractivity contribution in [3.8, 4) is 11.4 Å². The van der Waals surface area contributed by atoms with Crippen molar-refractivity contribution in [2.45, 2.75) is 13.2 Å². The number of aromatic nitrogens is 1. The quantitative estimate of drug-likeness (QED) is 0.710. The highest BCUT2D eigenvalue weighted by atomic mass is 16.5. The molecule has 0 aliphatic carbocycles. The summed E-state index contributed by atoms with van der Waals surface area (Å²) in [5.74, 6) is 0.862. The van der Waals surface area contributed by atoms with Crippen molar-refractivity contribution in [3.05, 3.63) is 78.1 Å². The molecule has 0 unspecified atom stereocenters. The van der Waals surface area contributed by atoms with E-state index in [2.05, 4.69) is 71.2 Å². The van der Waals surface area contributed by atoms with Gasteiger partial charge < -0.3 is 18.9 Å². The summed E-state index contributed by atoms with van der Waals surface area (Å²) in [6, 6.07) is 18.7. The van der Waals surface area contributed by atoms with Crippen LogP contribution in [0.15, 0.2) is 67.0 Å². The van der Waals surface area contributed by atoms with E-state index in [4.69, 9.17) is 9.47 Å². The summed E-state index contributed by atoms with van der Waals surface area (Å²) in [6.45, 7) is 3.72. The van der Waals surface area contributed by atoms with E-state index in [1.54, 1.807) is 7.11 Å². The van der Waals surface area contributed by atoms with Crippen LogP contribution in [0.3, 0.4) is 0 Å². The molecule has 1 aliphatic heterocycles. The Kier molecular flexibility index (Phi) is 4.20. The van der Waals surface area contributed by atoms with E-state index in [1.807, 2.05) is 12.1 Å². The second-order valence-corrected chi connectivity index (χ2v) is 6.26. The average molecular weight is 334 g/mol. The Balaban J connectivity index is 1.64. The molecular weight excluding hydrogens is 312 g/mol. The predicted molar refractivity (Wildman–Crippen MR) is 99.5 cm³/mol. The predicted octanol–water partition coefficient (Wildman–Crippen LogP) is 4.33. The smallest absolute Gasteiger partial charge is 0.158 e. The Morgan fingerprint density at radius 3 is 2.80 bits per heavy atom. The summed E-state index contributed by atoms with van der Waals surface area (Å²) in [5, 5.41) is 0. The van der Waals surface area contributed by atoms with Crippen LogP contribution in [0.4, 0.5) is 5.69 Å². The Bertz CT molecular complexity index is 872. The molecule has 25 heavy (non-hydrogen) atoms. The Labute approximate surface area is 148 Å². The summed E-state index contributed by atoms with van der Waals surface area (Å²) in [4.78, 5) is 2.28. The van der Waals surface area contributed by atoms with Gasteiger partial charge in [0.05, 0.1) is 13.7 Å². The molecule has 1 aliphatic rings. The van der Waals surface area contributed by atoms with Crippen LogP contribution >= 0.6 is 0 Å². The van der Waals surface area contributed by atoms with E-state index >= 15 is 0 Å². The lowest BCUT2D eigenvalue weighted by molar-refractivity contribution is 0.114. The first-order chi connectivity index (χ1) is 12.3. The van der Waals surface area contributed by atoms with E-state index in [9.17, 15) is 0 Å². The van der Waals surface area contributed by atoms with E-state index in [0.717, 1.165) is 30.2 Å². The Hall–Kier alpha value is -2.72. The maximum absolute atomic E-state index is 6.03. The zero-order valence-electron chi connectivity index (χ0n) is 14.6. The van der Waals surface area contributed by atoms with Crippen LogP contribution in [0.5, 0.6) is 5.75 Å². The van der Waals surface area contributed by atoms with Crippen molar-refractivity contribution in [1.82, 2.24) is 4.57 Å². The number of ether oxygens (including phenoxy) is 2. The largest absolute Gasteiger partial charge is 0.497 e. The van der Waals surface area contributed by atoms with Gasteiger partial charge in [0.15, 0.2) is 6.23 Å². The number of methoxy groups -OCH3 is 1. The zero-order chi connectivity index (χ0) is 17.2. The maximum atomic E-state index is 6.03. The van der Waals surface area contributed by atoms with Gasteiger partial charge in [-0.05, 0) is 36.8 Å². The van der Waals surface area contributed by atoms with Gasteiger partial charge in [0.2, 0.25) is 0 Å². The van der Waals surface area contributed by atoms with Crippen LogP contribution in [0.25, 0.3) is 5.69 Å². The van der Waals surface area contributed by atoms with Crippen LogP contribution in [-0.4, -0.2) is 24.8 Å². The first-order valence-corrected chi connectivity index (χ1v) is 8.52. The molecule has 0 bridgehead atoms. The van der Waals surface area contributed by atoms with E-state index < -0.39 is 0 Å². The molecule has 0 N–H and O–H groups in total. The number of hydrogen-bond acceptors (Lipinski definition) is 3. The molecular formula is C21H22N2O2. The first kappa shape index (κ1) is 15.8. The van der Waals surface area contributed by atoms with Gasteiger partial charge in [-0.3, -0.25) is 0 Å². The normalized spacial score (nSPS) is 17.0. The summed E-state index contributed by atoms with van der Waals surface area (Å²) in [7, 11) is 1.69. The van der Waals surface area contributed by atoms with Gasteiger partial charge in [-0.1, -0.05) is 24.3 Å². The Morgan fingerprint density at radius 1 is 1.08 bits per heavy atom. The van der Waals surface area contributed by atoms with Gasteiger partial charge in [-0.25, -0.2) is 0 Å². The number of rotatable bonds is 4. The van der Waals surface area contributed by atoms with E-state index in [1.165, 1.54) is 11.3 Å². The maximum Gasteiger partial charge on any atom is 0.158 e. The Morgan fingerprint density at radius 2 is 1.96 bits per heavy atom. The van der Waals surface area contributed by atoms with Crippen molar-refractivity contribution in [2.75, 3.05) is 25.2 Å². The molecule has 128 valence electrons. The molecule has 4 nitrogen and oxygen atoms in total. The molecule has 1 aromatic heterocycles. The number of anilines is 1. The highest BCUT2D eigenvalue weighted by Crippen LogP contribution is 2.34. The van der Waals surface area contributed by atoms with Crippen molar-refractivity contribution in [1.29, 1.82) is 0 Å². The molecule has 0 saturated carbocycles. The van der Waals surface area contributed by atoms with Crippen LogP contribution in [0, 0.1) is 6.92 Å². The lowest BCUT2D eigenvalue weighted by atomic mass is 10.2. The SMILES string of the molecule is COc1cccc(N2CCO[C@H]2c2ccn(-c3ccccc3C)c2)c1. The molecule has 4 heteroatoms. The van der Waals surface area contributed by atoms with Crippen LogP contribution in [-0.2, 0) is 4.74 Å². The monoisotopic (exact) mass is 334 g/mol. The molecule has 0 radical (unpaired) electrons. The third-order valence-corrected chi connectivity index (χ3v) is 4.67. The molecule has 0 amide bonds. The highest BCUT2D eigenvalue weighted by Gasteiger charge is 2.28.